The molecule has 2 amide bonds. The van der Waals surface area contributed by atoms with Crippen molar-refractivity contribution in [2.45, 2.75) is 6.18 Å². The molecule has 0 spiro atoms. The van der Waals surface area contributed by atoms with Gasteiger partial charge >= 0.3 is 12.1 Å². The Morgan fingerprint density at radius 3 is 2.13 bits per heavy atom. The van der Waals surface area contributed by atoms with Gasteiger partial charge in [-0.3, -0.25) is 9.59 Å². The molecule has 0 bridgehead atoms. The predicted octanol–water partition coefficient (Wildman–Crippen LogP) is 4.09. The van der Waals surface area contributed by atoms with E-state index in [1.54, 1.807) is 17.4 Å². The van der Waals surface area contributed by atoms with Crippen molar-refractivity contribution >= 4 is 34.8 Å². The molecule has 0 radical (unpaired) electrons. The van der Waals surface area contributed by atoms with Crippen molar-refractivity contribution in [3.63, 3.8) is 0 Å². The Labute approximate surface area is 134 Å². The summed E-state index contributed by atoms with van der Waals surface area (Å²) in [5, 5.41) is 4.66. The number of para-hydroxylation sites is 1. The highest BCUT2D eigenvalue weighted by molar-refractivity contribution is 6.30. The second-order valence-corrected chi connectivity index (χ2v) is 4.89. The third-order valence-corrected chi connectivity index (χ3v) is 3.03. The molecule has 0 aliphatic carbocycles. The van der Waals surface area contributed by atoms with Crippen LogP contribution in [0.15, 0.2) is 48.5 Å². The Balaban J connectivity index is 2.20. The van der Waals surface area contributed by atoms with Gasteiger partial charge in [0, 0.05) is 10.7 Å². The lowest BCUT2D eigenvalue weighted by Gasteiger charge is -2.12. The monoisotopic (exact) mass is 342 g/mol. The number of benzene rings is 2. The van der Waals surface area contributed by atoms with E-state index in [4.69, 9.17) is 11.6 Å². The van der Waals surface area contributed by atoms with Crippen molar-refractivity contribution in [2.75, 3.05) is 10.6 Å². The van der Waals surface area contributed by atoms with Gasteiger partial charge in [-0.1, -0.05) is 23.7 Å². The number of amides is 2. The van der Waals surface area contributed by atoms with Crippen LogP contribution >= 0.6 is 11.6 Å². The van der Waals surface area contributed by atoms with Crippen molar-refractivity contribution in [3.8, 4) is 0 Å². The summed E-state index contributed by atoms with van der Waals surface area (Å²) in [6.45, 7) is 0. The second kappa shape index (κ2) is 6.70. The van der Waals surface area contributed by atoms with Crippen LogP contribution in [0.25, 0.3) is 0 Å². The molecule has 0 saturated heterocycles. The number of halogens is 4. The molecule has 4 nitrogen and oxygen atoms in total. The third kappa shape index (κ3) is 4.46. The highest BCUT2D eigenvalue weighted by Gasteiger charge is 2.39. The quantitative estimate of drug-likeness (QED) is 0.882. The van der Waals surface area contributed by atoms with Crippen LogP contribution in [0.4, 0.5) is 24.5 Å². The first-order valence-electron chi connectivity index (χ1n) is 6.31. The first-order chi connectivity index (χ1) is 10.8. The Hall–Kier alpha value is -2.54. The Morgan fingerprint density at radius 1 is 0.913 bits per heavy atom. The lowest BCUT2D eigenvalue weighted by Crippen LogP contribution is -2.30. The number of anilines is 2. The SMILES string of the molecule is O=C(Nc1ccc(Cl)cc1)c1ccccc1NC(=O)C(F)(F)F. The first-order valence-corrected chi connectivity index (χ1v) is 6.69. The molecular weight excluding hydrogens is 333 g/mol. The molecular formula is C15H10ClF3N2O2. The first kappa shape index (κ1) is 16.8. The van der Waals surface area contributed by atoms with Crippen LogP contribution in [0.1, 0.15) is 10.4 Å². The minimum absolute atomic E-state index is 0.0972. The highest BCUT2D eigenvalue weighted by Crippen LogP contribution is 2.22. The van der Waals surface area contributed by atoms with Gasteiger partial charge in [-0.05, 0) is 36.4 Å². The summed E-state index contributed by atoms with van der Waals surface area (Å²) in [5.41, 5.74) is 0.0812. The summed E-state index contributed by atoms with van der Waals surface area (Å²) in [6.07, 6.45) is -5.04. The molecule has 0 unspecified atom stereocenters. The van der Waals surface area contributed by atoms with E-state index in [2.05, 4.69) is 5.32 Å². The molecule has 8 heteroatoms. The van der Waals surface area contributed by atoms with E-state index < -0.39 is 18.0 Å². The molecule has 0 aliphatic heterocycles. The number of alkyl halides is 3. The van der Waals surface area contributed by atoms with Crippen molar-refractivity contribution in [1.29, 1.82) is 0 Å². The van der Waals surface area contributed by atoms with E-state index in [1.807, 2.05) is 0 Å². The largest absolute Gasteiger partial charge is 0.471 e. The van der Waals surface area contributed by atoms with E-state index in [-0.39, 0.29) is 11.3 Å². The summed E-state index contributed by atoms with van der Waals surface area (Å²) < 4.78 is 37.0. The Bertz CT molecular complexity index is 730. The normalized spacial score (nSPS) is 11.0. The maximum absolute atomic E-state index is 12.3. The molecule has 0 atom stereocenters. The van der Waals surface area contributed by atoms with Crippen LogP contribution in [0.2, 0.25) is 5.02 Å². The Kier molecular flexibility index (Phi) is 4.90. The van der Waals surface area contributed by atoms with Crippen molar-refractivity contribution in [2.24, 2.45) is 0 Å². The van der Waals surface area contributed by atoms with Crippen LogP contribution in [0.3, 0.4) is 0 Å². The van der Waals surface area contributed by atoms with Crippen molar-refractivity contribution in [3.05, 3.63) is 59.1 Å². The predicted molar refractivity (Wildman–Crippen MR) is 80.5 cm³/mol. The van der Waals surface area contributed by atoms with E-state index in [9.17, 15) is 22.8 Å². The molecule has 2 rings (SSSR count). The molecule has 0 aromatic heterocycles. The second-order valence-electron chi connectivity index (χ2n) is 4.46. The number of nitrogens with one attached hydrogen (secondary N) is 2. The van der Waals surface area contributed by atoms with Crippen LogP contribution in [-0.2, 0) is 4.79 Å². The fourth-order valence-corrected chi connectivity index (χ4v) is 1.84. The fraction of sp³-hybridized carbons (Fsp3) is 0.0667. The van der Waals surface area contributed by atoms with E-state index in [1.165, 1.54) is 36.4 Å². The lowest BCUT2D eigenvalue weighted by atomic mass is 10.1. The van der Waals surface area contributed by atoms with Crippen LogP contribution in [0.5, 0.6) is 0 Å². The zero-order valence-electron chi connectivity index (χ0n) is 11.4. The maximum atomic E-state index is 12.3. The smallest absolute Gasteiger partial charge is 0.322 e. The van der Waals surface area contributed by atoms with E-state index >= 15 is 0 Å². The standard InChI is InChI=1S/C15H10ClF3N2O2/c16-9-5-7-10(8-6-9)20-13(22)11-3-1-2-4-12(11)21-14(23)15(17,18)19/h1-8H,(H,20,22)(H,21,23). The topological polar surface area (TPSA) is 58.2 Å². The van der Waals surface area contributed by atoms with E-state index in [0.29, 0.717) is 10.7 Å². The Morgan fingerprint density at radius 2 is 1.52 bits per heavy atom. The summed E-state index contributed by atoms with van der Waals surface area (Å²) in [4.78, 5) is 23.2. The summed E-state index contributed by atoms with van der Waals surface area (Å²) >= 11 is 5.72. The molecule has 0 aliphatic rings. The molecule has 0 saturated carbocycles. The average molecular weight is 343 g/mol. The van der Waals surface area contributed by atoms with Gasteiger partial charge < -0.3 is 10.6 Å². The molecule has 23 heavy (non-hydrogen) atoms. The minimum Gasteiger partial charge on any atom is -0.322 e. The summed E-state index contributed by atoms with van der Waals surface area (Å²) in [7, 11) is 0. The molecule has 120 valence electrons. The van der Waals surface area contributed by atoms with Gasteiger partial charge in [0.15, 0.2) is 0 Å². The maximum Gasteiger partial charge on any atom is 0.471 e. The van der Waals surface area contributed by atoms with Crippen LogP contribution < -0.4 is 10.6 Å². The summed E-state index contributed by atoms with van der Waals surface area (Å²) in [5.74, 6) is -2.81. The third-order valence-electron chi connectivity index (χ3n) is 2.78. The van der Waals surface area contributed by atoms with Crippen molar-refractivity contribution < 1.29 is 22.8 Å². The number of carbonyl (C=O) groups is 2. The number of rotatable bonds is 3. The molecule has 2 aromatic carbocycles. The van der Waals surface area contributed by atoms with Crippen LogP contribution in [-0.4, -0.2) is 18.0 Å². The minimum atomic E-state index is -5.04. The molecule has 0 heterocycles. The number of hydrogen-bond donors (Lipinski definition) is 2. The molecule has 0 fully saturated rings. The van der Waals surface area contributed by atoms with Crippen LogP contribution in [0, 0.1) is 0 Å². The van der Waals surface area contributed by atoms with Gasteiger partial charge in [-0.15, -0.1) is 0 Å². The highest BCUT2D eigenvalue weighted by atomic mass is 35.5. The number of hydrogen-bond acceptors (Lipinski definition) is 2. The molecule has 2 N–H and O–H groups in total. The molecule has 2 aromatic rings. The zero-order valence-corrected chi connectivity index (χ0v) is 12.2. The van der Waals surface area contributed by atoms with E-state index in [0.717, 1.165) is 0 Å². The zero-order chi connectivity index (χ0) is 17.0. The van der Waals surface area contributed by atoms with Gasteiger partial charge in [0.1, 0.15) is 0 Å². The number of carbonyl (C=O) groups excluding carboxylic acids is 2. The van der Waals surface area contributed by atoms with Gasteiger partial charge in [0.05, 0.1) is 11.3 Å². The van der Waals surface area contributed by atoms with Crippen molar-refractivity contribution in [1.82, 2.24) is 0 Å². The van der Waals surface area contributed by atoms with Gasteiger partial charge in [-0.2, -0.15) is 13.2 Å². The van der Waals surface area contributed by atoms with Gasteiger partial charge in [0.2, 0.25) is 0 Å². The average Bonchev–Trinajstić information content (AvgIpc) is 2.49. The van der Waals surface area contributed by atoms with Gasteiger partial charge in [-0.25, -0.2) is 0 Å². The summed E-state index contributed by atoms with van der Waals surface area (Å²) in [6, 6.07) is 11.6. The lowest BCUT2D eigenvalue weighted by molar-refractivity contribution is -0.167. The van der Waals surface area contributed by atoms with Gasteiger partial charge in [0.25, 0.3) is 5.91 Å². The fourth-order valence-electron chi connectivity index (χ4n) is 1.71.